The first-order valence-electron chi connectivity index (χ1n) is 6.33. The Labute approximate surface area is 123 Å². The highest BCUT2D eigenvalue weighted by Gasteiger charge is 2.09. The van der Waals surface area contributed by atoms with Gasteiger partial charge in [0.25, 0.3) is 0 Å². The maximum Gasteiger partial charge on any atom is 0.125 e. The van der Waals surface area contributed by atoms with Crippen LogP contribution in [-0.4, -0.2) is 6.04 Å². The van der Waals surface area contributed by atoms with Crippen LogP contribution >= 0.6 is 22.9 Å². The number of benzene rings is 1. The van der Waals surface area contributed by atoms with Crippen molar-refractivity contribution in [1.29, 1.82) is 0 Å². The highest BCUT2D eigenvalue weighted by Crippen LogP contribution is 2.27. The molecule has 0 aliphatic rings. The van der Waals surface area contributed by atoms with Crippen molar-refractivity contribution in [3.63, 3.8) is 0 Å². The number of rotatable bonds is 6. The molecule has 0 saturated carbocycles. The van der Waals surface area contributed by atoms with Crippen LogP contribution in [0, 0.1) is 0 Å². The molecular formula is C15H18ClNOS. The zero-order valence-electron chi connectivity index (χ0n) is 11.2. The van der Waals surface area contributed by atoms with E-state index in [-0.39, 0.29) is 0 Å². The molecule has 0 fully saturated rings. The average Bonchev–Trinajstić information content (AvgIpc) is 2.88. The van der Waals surface area contributed by atoms with Crippen molar-refractivity contribution in [2.45, 2.75) is 33.0 Å². The normalized spacial score (nSPS) is 10.9. The Morgan fingerprint density at radius 1 is 1.26 bits per heavy atom. The lowest BCUT2D eigenvalue weighted by Crippen LogP contribution is -2.22. The third kappa shape index (κ3) is 4.23. The van der Waals surface area contributed by atoms with Crippen molar-refractivity contribution in [2.24, 2.45) is 0 Å². The standard InChI is InChI=1S/C15H18ClNOS/c1-11(2)17-9-13-14(16)6-3-7-15(13)18-10-12-5-4-8-19-12/h3-8,11,17H,9-10H2,1-2H3. The second kappa shape index (κ2) is 6.94. The van der Waals surface area contributed by atoms with Gasteiger partial charge in [-0.3, -0.25) is 0 Å². The van der Waals surface area contributed by atoms with E-state index in [1.54, 1.807) is 11.3 Å². The van der Waals surface area contributed by atoms with E-state index in [9.17, 15) is 0 Å². The van der Waals surface area contributed by atoms with Crippen molar-refractivity contribution in [2.75, 3.05) is 0 Å². The minimum Gasteiger partial charge on any atom is -0.488 e. The first kappa shape index (κ1) is 14.4. The lowest BCUT2D eigenvalue weighted by molar-refractivity contribution is 0.305. The van der Waals surface area contributed by atoms with E-state index >= 15 is 0 Å². The summed E-state index contributed by atoms with van der Waals surface area (Å²) in [6, 6.07) is 10.3. The van der Waals surface area contributed by atoms with Crippen LogP contribution in [0.3, 0.4) is 0 Å². The summed E-state index contributed by atoms with van der Waals surface area (Å²) in [5.74, 6) is 0.856. The molecule has 1 N–H and O–H groups in total. The van der Waals surface area contributed by atoms with Crippen LogP contribution in [0.1, 0.15) is 24.3 Å². The maximum atomic E-state index is 6.26. The quantitative estimate of drug-likeness (QED) is 0.848. The van der Waals surface area contributed by atoms with Crippen LogP contribution in [0.15, 0.2) is 35.7 Å². The largest absolute Gasteiger partial charge is 0.488 e. The van der Waals surface area contributed by atoms with Crippen molar-refractivity contribution in [1.82, 2.24) is 5.32 Å². The minimum absolute atomic E-state index is 0.418. The molecular weight excluding hydrogens is 278 g/mol. The fourth-order valence-electron chi connectivity index (χ4n) is 1.70. The summed E-state index contributed by atoms with van der Waals surface area (Å²) in [6.07, 6.45) is 0. The van der Waals surface area contributed by atoms with Crippen molar-refractivity contribution in [3.05, 3.63) is 51.2 Å². The zero-order valence-corrected chi connectivity index (χ0v) is 12.7. The van der Waals surface area contributed by atoms with Gasteiger partial charge < -0.3 is 10.1 Å². The Kier molecular flexibility index (Phi) is 5.25. The Bertz CT molecular complexity index is 511. The molecule has 0 aliphatic carbocycles. The molecule has 2 rings (SSSR count). The topological polar surface area (TPSA) is 21.3 Å². The number of nitrogens with one attached hydrogen (secondary N) is 1. The molecule has 0 saturated heterocycles. The molecule has 0 radical (unpaired) electrons. The van der Waals surface area contributed by atoms with Crippen molar-refractivity contribution in [3.8, 4) is 5.75 Å². The second-order valence-electron chi connectivity index (χ2n) is 4.62. The van der Waals surface area contributed by atoms with Crippen molar-refractivity contribution < 1.29 is 4.74 Å². The first-order chi connectivity index (χ1) is 9.16. The van der Waals surface area contributed by atoms with Gasteiger partial charge in [-0.2, -0.15) is 0 Å². The van der Waals surface area contributed by atoms with Gasteiger partial charge in [-0.25, -0.2) is 0 Å². The minimum atomic E-state index is 0.418. The average molecular weight is 296 g/mol. The fraction of sp³-hybridized carbons (Fsp3) is 0.333. The van der Waals surface area contributed by atoms with E-state index in [1.165, 1.54) is 4.88 Å². The van der Waals surface area contributed by atoms with Gasteiger partial charge in [0.1, 0.15) is 12.4 Å². The summed E-state index contributed by atoms with van der Waals surface area (Å²) >= 11 is 7.95. The van der Waals surface area contributed by atoms with Gasteiger partial charge in [-0.1, -0.05) is 37.6 Å². The summed E-state index contributed by atoms with van der Waals surface area (Å²) in [5.41, 5.74) is 1.02. The van der Waals surface area contributed by atoms with Gasteiger partial charge in [0.15, 0.2) is 0 Å². The summed E-state index contributed by atoms with van der Waals surface area (Å²) in [5, 5.41) is 6.17. The smallest absolute Gasteiger partial charge is 0.125 e. The summed E-state index contributed by atoms with van der Waals surface area (Å²) < 4.78 is 5.88. The predicted molar refractivity (Wildman–Crippen MR) is 82.1 cm³/mol. The molecule has 2 nitrogen and oxygen atoms in total. The van der Waals surface area contributed by atoms with Crippen LogP contribution in [0.5, 0.6) is 5.75 Å². The monoisotopic (exact) mass is 295 g/mol. The summed E-state index contributed by atoms with van der Waals surface area (Å²) in [6.45, 7) is 5.54. The Morgan fingerprint density at radius 2 is 2.11 bits per heavy atom. The van der Waals surface area contributed by atoms with E-state index in [1.807, 2.05) is 24.3 Å². The van der Waals surface area contributed by atoms with Gasteiger partial charge >= 0.3 is 0 Å². The highest BCUT2D eigenvalue weighted by atomic mass is 35.5. The number of thiophene rings is 1. The lowest BCUT2D eigenvalue weighted by Gasteiger charge is -2.14. The Hall–Kier alpha value is -1.03. The SMILES string of the molecule is CC(C)NCc1c(Cl)cccc1OCc1cccs1. The van der Waals surface area contributed by atoms with E-state index in [0.29, 0.717) is 12.6 Å². The number of ether oxygens (including phenoxy) is 1. The summed E-state index contributed by atoms with van der Waals surface area (Å²) in [4.78, 5) is 1.21. The molecule has 2 aromatic rings. The maximum absolute atomic E-state index is 6.26. The third-order valence-corrected chi connectivity index (χ3v) is 3.92. The number of hydrogen-bond acceptors (Lipinski definition) is 3. The van der Waals surface area contributed by atoms with Gasteiger partial charge in [0.05, 0.1) is 0 Å². The van der Waals surface area contributed by atoms with Crippen molar-refractivity contribution >= 4 is 22.9 Å². The molecule has 0 bridgehead atoms. The second-order valence-corrected chi connectivity index (χ2v) is 6.06. The number of halogens is 1. The molecule has 1 aromatic heterocycles. The number of hydrogen-bond donors (Lipinski definition) is 1. The molecule has 0 unspecified atom stereocenters. The van der Waals surface area contributed by atoms with Gasteiger partial charge in [0.2, 0.25) is 0 Å². The zero-order chi connectivity index (χ0) is 13.7. The predicted octanol–water partition coefficient (Wildman–Crippen LogP) is 4.48. The van der Waals surface area contributed by atoms with E-state index < -0.39 is 0 Å². The molecule has 1 aromatic carbocycles. The highest BCUT2D eigenvalue weighted by molar-refractivity contribution is 7.09. The Balaban J connectivity index is 2.08. The van der Waals surface area contributed by atoms with Gasteiger partial charge in [-0.05, 0) is 23.6 Å². The van der Waals surface area contributed by atoms with Crippen LogP contribution in [0.2, 0.25) is 5.02 Å². The fourth-order valence-corrected chi connectivity index (χ4v) is 2.54. The van der Waals surface area contributed by atoms with Gasteiger partial charge in [0, 0.05) is 28.0 Å². The van der Waals surface area contributed by atoms with Crippen LogP contribution in [0.25, 0.3) is 0 Å². The molecule has 102 valence electrons. The molecule has 1 heterocycles. The van der Waals surface area contributed by atoms with E-state index in [2.05, 4.69) is 30.6 Å². The molecule has 0 aliphatic heterocycles. The van der Waals surface area contributed by atoms with Gasteiger partial charge in [-0.15, -0.1) is 11.3 Å². The molecule has 19 heavy (non-hydrogen) atoms. The Morgan fingerprint density at radius 3 is 2.79 bits per heavy atom. The van der Waals surface area contributed by atoms with E-state index in [4.69, 9.17) is 16.3 Å². The molecule has 4 heteroatoms. The van der Waals surface area contributed by atoms with E-state index in [0.717, 1.165) is 22.9 Å². The molecule has 0 atom stereocenters. The first-order valence-corrected chi connectivity index (χ1v) is 7.58. The van der Waals surface area contributed by atoms with Crippen LogP contribution < -0.4 is 10.1 Å². The third-order valence-electron chi connectivity index (χ3n) is 2.71. The molecule has 0 amide bonds. The molecule has 0 spiro atoms. The van der Waals surface area contributed by atoms with Crippen LogP contribution in [-0.2, 0) is 13.2 Å². The van der Waals surface area contributed by atoms with Crippen LogP contribution in [0.4, 0.5) is 0 Å². The lowest BCUT2D eigenvalue weighted by atomic mass is 10.2. The summed E-state index contributed by atoms with van der Waals surface area (Å²) in [7, 11) is 0.